The first-order valence-electron chi connectivity index (χ1n) is 6.83. The van der Waals surface area contributed by atoms with E-state index in [2.05, 4.69) is 10.1 Å². The number of hydrogen-bond acceptors (Lipinski definition) is 2. The Bertz CT molecular complexity index is 879. The van der Waals surface area contributed by atoms with E-state index in [9.17, 15) is 22.0 Å². The van der Waals surface area contributed by atoms with Crippen molar-refractivity contribution in [2.24, 2.45) is 0 Å². The number of aromatic nitrogens is 3. The molecule has 0 saturated heterocycles. The van der Waals surface area contributed by atoms with Gasteiger partial charge in [-0.05, 0) is 30.7 Å². The van der Waals surface area contributed by atoms with Crippen LogP contribution in [0.15, 0.2) is 42.5 Å². The van der Waals surface area contributed by atoms with Crippen LogP contribution in [-0.4, -0.2) is 14.8 Å². The van der Waals surface area contributed by atoms with Crippen LogP contribution in [0.5, 0.6) is 0 Å². The molecular formula is C16H10F5N3. The van der Waals surface area contributed by atoms with E-state index in [4.69, 9.17) is 0 Å². The Balaban J connectivity index is 2.28. The lowest BCUT2D eigenvalue weighted by atomic mass is 10.2. The van der Waals surface area contributed by atoms with Crippen molar-refractivity contribution in [2.75, 3.05) is 0 Å². The van der Waals surface area contributed by atoms with Crippen LogP contribution in [0.3, 0.4) is 0 Å². The van der Waals surface area contributed by atoms with Crippen LogP contribution in [0.25, 0.3) is 17.1 Å². The van der Waals surface area contributed by atoms with E-state index in [-0.39, 0.29) is 5.69 Å². The van der Waals surface area contributed by atoms with E-state index in [1.807, 2.05) is 0 Å². The van der Waals surface area contributed by atoms with Crippen LogP contribution in [0.2, 0.25) is 0 Å². The van der Waals surface area contributed by atoms with E-state index in [1.165, 1.54) is 12.1 Å². The topological polar surface area (TPSA) is 30.7 Å². The lowest BCUT2D eigenvalue weighted by molar-refractivity contribution is -0.146. The van der Waals surface area contributed by atoms with Crippen molar-refractivity contribution in [2.45, 2.75) is 13.1 Å². The van der Waals surface area contributed by atoms with Gasteiger partial charge in [-0.2, -0.15) is 13.2 Å². The maximum Gasteiger partial charge on any atom is 0.451 e. The SMILES string of the molecule is Cc1ccccc1-n1nc(-c2c(F)cccc2F)nc1C(F)(F)F. The highest BCUT2D eigenvalue weighted by molar-refractivity contribution is 5.57. The molecular weight excluding hydrogens is 329 g/mol. The van der Waals surface area contributed by atoms with Gasteiger partial charge in [0, 0.05) is 0 Å². The van der Waals surface area contributed by atoms with Crippen LogP contribution < -0.4 is 0 Å². The van der Waals surface area contributed by atoms with Crippen molar-refractivity contribution in [3.8, 4) is 17.1 Å². The summed E-state index contributed by atoms with van der Waals surface area (Å²) in [6.45, 7) is 1.60. The van der Waals surface area contributed by atoms with E-state index in [0.29, 0.717) is 10.2 Å². The third-order valence-corrected chi connectivity index (χ3v) is 3.39. The van der Waals surface area contributed by atoms with Gasteiger partial charge in [0.25, 0.3) is 0 Å². The van der Waals surface area contributed by atoms with E-state index in [0.717, 1.165) is 18.2 Å². The highest BCUT2D eigenvalue weighted by atomic mass is 19.4. The summed E-state index contributed by atoms with van der Waals surface area (Å²) in [5, 5.41) is 3.71. The number of para-hydroxylation sites is 1. The van der Waals surface area contributed by atoms with E-state index < -0.39 is 35.0 Å². The highest BCUT2D eigenvalue weighted by Gasteiger charge is 2.39. The van der Waals surface area contributed by atoms with Crippen molar-refractivity contribution in [3.63, 3.8) is 0 Å². The molecule has 0 spiro atoms. The molecule has 0 unspecified atom stereocenters. The number of rotatable bonds is 2. The second-order valence-electron chi connectivity index (χ2n) is 5.05. The molecule has 24 heavy (non-hydrogen) atoms. The molecule has 0 N–H and O–H groups in total. The van der Waals surface area contributed by atoms with Crippen LogP contribution in [0.4, 0.5) is 22.0 Å². The number of halogens is 5. The number of aryl methyl sites for hydroxylation is 1. The minimum Gasteiger partial charge on any atom is -0.208 e. The first kappa shape index (κ1) is 16.1. The van der Waals surface area contributed by atoms with Crippen molar-refractivity contribution < 1.29 is 22.0 Å². The van der Waals surface area contributed by atoms with Crippen LogP contribution in [-0.2, 0) is 6.18 Å². The number of alkyl halides is 3. The Hall–Kier alpha value is -2.77. The van der Waals surface area contributed by atoms with Crippen molar-refractivity contribution in [1.29, 1.82) is 0 Å². The Morgan fingerprint density at radius 2 is 1.54 bits per heavy atom. The Labute approximate surface area is 133 Å². The molecule has 0 bridgehead atoms. The van der Waals surface area contributed by atoms with Crippen LogP contribution >= 0.6 is 0 Å². The highest BCUT2D eigenvalue weighted by Crippen LogP contribution is 2.33. The summed E-state index contributed by atoms with van der Waals surface area (Å²) in [6, 6.07) is 9.17. The zero-order valence-electron chi connectivity index (χ0n) is 12.3. The van der Waals surface area contributed by atoms with Crippen molar-refractivity contribution >= 4 is 0 Å². The third-order valence-electron chi connectivity index (χ3n) is 3.39. The molecule has 0 saturated carbocycles. The summed E-state index contributed by atoms with van der Waals surface area (Å²) in [5.41, 5.74) is -0.0656. The predicted octanol–water partition coefficient (Wildman–Crippen LogP) is 4.54. The fraction of sp³-hybridized carbons (Fsp3) is 0.125. The predicted molar refractivity (Wildman–Crippen MR) is 76.5 cm³/mol. The van der Waals surface area contributed by atoms with Gasteiger partial charge in [0.05, 0.1) is 11.3 Å². The monoisotopic (exact) mass is 339 g/mol. The van der Waals surface area contributed by atoms with Gasteiger partial charge in [0.15, 0.2) is 5.82 Å². The lowest BCUT2D eigenvalue weighted by Crippen LogP contribution is -2.15. The largest absolute Gasteiger partial charge is 0.451 e. The van der Waals surface area contributed by atoms with E-state index >= 15 is 0 Å². The second-order valence-corrected chi connectivity index (χ2v) is 5.05. The average Bonchev–Trinajstić information content (AvgIpc) is 2.92. The quantitative estimate of drug-likeness (QED) is 0.642. The van der Waals surface area contributed by atoms with Gasteiger partial charge in [0.1, 0.15) is 11.6 Å². The second kappa shape index (κ2) is 5.70. The molecule has 1 aromatic heterocycles. The fourth-order valence-corrected chi connectivity index (χ4v) is 2.28. The first-order valence-corrected chi connectivity index (χ1v) is 6.83. The smallest absolute Gasteiger partial charge is 0.208 e. The molecule has 3 rings (SSSR count). The molecule has 2 aromatic carbocycles. The standard InChI is InChI=1S/C16H10F5N3/c1-9-5-2-3-8-12(9)24-15(16(19,20)21)22-14(23-24)13-10(17)6-4-7-11(13)18/h2-8H,1H3. The molecule has 3 aromatic rings. The Morgan fingerprint density at radius 3 is 2.12 bits per heavy atom. The first-order chi connectivity index (χ1) is 11.3. The summed E-state index contributed by atoms with van der Waals surface area (Å²) in [7, 11) is 0. The molecule has 0 aliphatic carbocycles. The summed E-state index contributed by atoms with van der Waals surface area (Å²) < 4.78 is 68.1. The maximum atomic E-state index is 13.8. The van der Waals surface area contributed by atoms with E-state index in [1.54, 1.807) is 19.1 Å². The Morgan fingerprint density at radius 1 is 0.917 bits per heavy atom. The summed E-state index contributed by atoms with van der Waals surface area (Å²) >= 11 is 0. The molecule has 0 radical (unpaired) electrons. The summed E-state index contributed by atoms with van der Waals surface area (Å²) in [4.78, 5) is 3.34. The number of benzene rings is 2. The third kappa shape index (κ3) is 2.75. The molecule has 0 amide bonds. The molecule has 0 aliphatic heterocycles. The van der Waals surface area contributed by atoms with Gasteiger partial charge in [-0.15, -0.1) is 5.10 Å². The fourth-order valence-electron chi connectivity index (χ4n) is 2.28. The molecule has 1 heterocycles. The van der Waals surface area contributed by atoms with Gasteiger partial charge in [-0.3, -0.25) is 0 Å². The van der Waals surface area contributed by atoms with Crippen molar-refractivity contribution in [3.05, 3.63) is 65.5 Å². The normalized spacial score (nSPS) is 11.8. The molecule has 124 valence electrons. The van der Waals surface area contributed by atoms with Gasteiger partial charge in [-0.1, -0.05) is 24.3 Å². The zero-order chi connectivity index (χ0) is 17.5. The Kier molecular flexibility index (Phi) is 3.82. The molecule has 0 aliphatic rings. The van der Waals surface area contributed by atoms with Gasteiger partial charge >= 0.3 is 6.18 Å². The number of nitrogens with zero attached hydrogens (tertiary/aromatic N) is 3. The maximum absolute atomic E-state index is 13.8. The number of hydrogen-bond donors (Lipinski definition) is 0. The van der Waals surface area contributed by atoms with Crippen LogP contribution in [0.1, 0.15) is 11.4 Å². The molecule has 3 nitrogen and oxygen atoms in total. The van der Waals surface area contributed by atoms with Gasteiger partial charge in [0.2, 0.25) is 5.82 Å². The zero-order valence-corrected chi connectivity index (χ0v) is 12.3. The summed E-state index contributed by atoms with van der Waals surface area (Å²) in [6.07, 6.45) is -4.84. The molecule has 0 atom stereocenters. The molecule has 8 heteroatoms. The lowest BCUT2D eigenvalue weighted by Gasteiger charge is -2.10. The average molecular weight is 339 g/mol. The minimum atomic E-state index is -4.84. The van der Waals surface area contributed by atoms with Crippen LogP contribution in [0, 0.1) is 18.6 Å². The van der Waals surface area contributed by atoms with Crippen molar-refractivity contribution in [1.82, 2.24) is 14.8 Å². The minimum absolute atomic E-state index is 0.125. The summed E-state index contributed by atoms with van der Waals surface area (Å²) in [5.74, 6) is -4.09. The molecule has 0 fully saturated rings. The van der Waals surface area contributed by atoms with Gasteiger partial charge in [-0.25, -0.2) is 18.4 Å². The van der Waals surface area contributed by atoms with Gasteiger partial charge < -0.3 is 0 Å².